The van der Waals surface area contributed by atoms with Gasteiger partial charge >= 0.3 is 10.2 Å². The second-order valence-electron chi connectivity index (χ2n) is 7.21. The van der Waals surface area contributed by atoms with E-state index in [4.69, 9.17) is 0 Å². The van der Waals surface area contributed by atoms with Crippen molar-refractivity contribution in [1.82, 2.24) is 9.62 Å². The van der Waals surface area contributed by atoms with Crippen LogP contribution in [0.2, 0.25) is 0 Å². The highest BCUT2D eigenvalue weighted by Gasteiger charge is 2.28. The summed E-state index contributed by atoms with van der Waals surface area (Å²) in [6, 6.07) is 9.83. The maximum atomic E-state index is 12.7. The van der Waals surface area contributed by atoms with Crippen LogP contribution in [0.5, 0.6) is 0 Å². The van der Waals surface area contributed by atoms with Crippen molar-refractivity contribution in [3.63, 3.8) is 0 Å². The van der Waals surface area contributed by atoms with Crippen molar-refractivity contribution in [3.05, 3.63) is 47.7 Å². The van der Waals surface area contributed by atoms with Gasteiger partial charge in [-0.05, 0) is 31.7 Å². The molecular formula is C20H27N3O3S. The zero-order valence-electron chi connectivity index (χ0n) is 15.7. The molecule has 0 spiro atoms. The van der Waals surface area contributed by atoms with E-state index >= 15 is 0 Å². The molecule has 0 aromatic heterocycles. The number of benzene rings is 1. The van der Waals surface area contributed by atoms with Gasteiger partial charge in [-0.3, -0.25) is 9.10 Å². The largest absolute Gasteiger partial charge is 0.349 e. The van der Waals surface area contributed by atoms with Gasteiger partial charge in [0.1, 0.15) is 0 Å². The molecule has 1 aromatic rings. The fourth-order valence-corrected chi connectivity index (χ4v) is 4.66. The molecule has 1 N–H and O–H groups in total. The highest BCUT2D eigenvalue weighted by atomic mass is 32.2. The molecule has 0 atom stereocenters. The third-order valence-corrected chi connectivity index (χ3v) is 6.50. The van der Waals surface area contributed by atoms with Crippen molar-refractivity contribution in [3.8, 4) is 0 Å². The maximum absolute atomic E-state index is 12.7. The van der Waals surface area contributed by atoms with E-state index in [-0.39, 0.29) is 24.2 Å². The lowest BCUT2D eigenvalue weighted by atomic mass is 10.1. The van der Waals surface area contributed by atoms with Crippen LogP contribution in [0.25, 0.3) is 0 Å². The lowest BCUT2D eigenvalue weighted by Gasteiger charge is -2.25. The first-order chi connectivity index (χ1) is 13.0. The van der Waals surface area contributed by atoms with Crippen LogP contribution in [0, 0.1) is 0 Å². The summed E-state index contributed by atoms with van der Waals surface area (Å²) >= 11 is 0. The highest BCUT2D eigenvalue weighted by molar-refractivity contribution is 7.88. The molecule has 146 valence electrons. The standard InChI is InChI=1S/C20H27N3O3S/c1-16-19(20(24)21-18-11-7-2-3-8-12-18)15-23(27(25,26)22-16)14-13-17-9-5-4-6-10-17/h4-6,9-10,15,18H,2-3,7-8,11-14H2,1H3,(H,21,24). The molecule has 0 unspecified atom stereocenters. The highest BCUT2D eigenvalue weighted by Crippen LogP contribution is 2.20. The molecule has 0 saturated heterocycles. The third-order valence-electron chi connectivity index (χ3n) is 5.11. The van der Waals surface area contributed by atoms with Crippen molar-refractivity contribution < 1.29 is 13.2 Å². The van der Waals surface area contributed by atoms with E-state index < -0.39 is 10.2 Å². The van der Waals surface area contributed by atoms with Gasteiger partial charge in [0.2, 0.25) is 0 Å². The van der Waals surface area contributed by atoms with Crippen molar-refractivity contribution in [1.29, 1.82) is 0 Å². The predicted octanol–water partition coefficient (Wildman–Crippen LogP) is 2.97. The van der Waals surface area contributed by atoms with Crippen LogP contribution in [-0.2, 0) is 21.4 Å². The van der Waals surface area contributed by atoms with Crippen LogP contribution in [-0.4, -0.2) is 36.9 Å². The summed E-state index contributed by atoms with van der Waals surface area (Å²) in [4.78, 5) is 12.7. The normalized spacial score (nSPS) is 20.4. The Balaban J connectivity index is 1.71. The van der Waals surface area contributed by atoms with Crippen molar-refractivity contribution >= 4 is 21.8 Å². The number of nitrogens with one attached hydrogen (secondary N) is 1. The van der Waals surface area contributed by atoms with Gasteiger partial charge in [-0.1, -0.05) is 56.0 Å². The molecule has 1 fully saturated rings. The number of amides is 1. The van der Waals surface area contributed by atoms with E-state index in [1.807, 2.05) is 30.3 Å². The monoisotopic (exact) mass is 389 g/mol. The minimum Gasteiger partial charge on any atom is -0.349 e. The predicted molar refractivity (Wildman–Crippen MR) is 107 cm³/mol. The molecule has 1 aliphatic heterocycles. The van der Waals surface area contributed by atoms with Gasteiger partial charge < -0.3 is 5.32 Å². The summed E-state index contributed by atoms with van der Waals surface area (Å²) in [7, 11) is -3.78. The zero-order chi connectivity index (χ0) is 19.3. The summed E-state index contributed by atoms with van der Waals surface area (Å²) in [6.07, 6.45) is 8.61. The Morgan fingerprint density at radius 2 is 1.81 bits per heavy atom. The van der Waals surface area contributed by atoms with E-state index in [0.717, 1.165) is 31.2 Å². The van der Waals surface area contributed by atoms with Crippen LogP contribution in [0.1, 0.15) is 51.0 Å². The average molecular weight is 390 g/mol. The van der Waals surface area contributed by atoms with Gasteiger partial charge in [-0.15, -0.1) is 4.40 Å². The van der Waals surface area contributed by atoms with Crippen LogP contribution >= 0.6 is 0 Å². The topological polar surface area (TPSA) is 78.8 Å². The fourth-order valence-electron chi connectivity index (χ4n) is 3.55. The van der Waals surface area contributed by atoms with E-state index in [1.165, 1.54) is 23.3 Å². The Labute approximate surface area is 161 Å². The first-order valence-electron chi connectivity index (χ1n) is 9.61. The van der Waals surface area contributed by atoms with E-state index in [1.54, 1.807) is 6.92 Å². The summed E-state index contributed by atoms with van der Waals surface area (Å²) in [5, 5.41) is 3.07. The summed E-state index contributed by atoms with van der Waals surface area (Å²) < 4.78 is 29.7. The van der Waals surface area contributed by atoms with Crippen molar-refractivity contribution in [2.45, 2.75) is 57.9 Å². The summed E-state index contributed by atoms with van der Waals surface area (Å²) in [5.74, 6) is -0.234. The number of carbonyl (C=O) groups is 1. The molecule has 1 aliphatic carbocycles. The smallest absolute Gasteiger partial charge is 0.344 e. The molecular weight excluding hydrogens is 362 g/mol. The van der Waals surface area contributed by atoms with Gasteiger partial charge in [0, 0.05) is 18.8 Å². The van der Waals surface area contributed by atoms with Gasteiger partial charge in [-0.2, -0.15) is 8.42 Å². The van der Waals surface area contributed by atoms with Crippen LogP contribution in [0.4, 0.5) is 0 Å². The Bertz CT molecular complexity index is 823. The second kappa shape index (κ2) is 8.69. The molecule has 1 heterocycles. The van der Waals surface area contributed by atoms with Crippen molar-refractivity contribution in [2.24, 2.45) is 4.40 Å². The average Bonchev–Trinajstić information content (AvgIpc) is 2.89. The van der Waals surface area contributed by atoms with Gasteiger partial charge in [0.15, 0.2) is 0 Å². The molecule has 3 rings (SSSR count). The van der Waals surface area contributed by atoms with Gasteiger partial charge in [0.05, 0.1) is 11.3 Å². The van der Waals surface area contributed by atoms with Gasteiger partial charge in [0.25, 0.3) is 5.91 Å². The summed E-state index contributed by atoms with van der Waals surface area (Å²) in [5.41, 5.74) is 1.62. The number of carbonyl (C=O) groups excluding carboxylic acids is 1. The number of hydrogen-bond acceptors (Lipinski definition) is 3. The molecule has 1 saturated carbocycles. The second-order valence-corrected chi connectivity index (χ2v) is 8.75. The Morgan fingerprint density at radius 3 is 2.48 bits per heavy atom. The lowest BCUT2D eigenvalue weighted by molar-refractivity contribution is -0.117. The summed E-state index contributed by atoms with van der Waals surface area (Å²) in [6.45, 7) is 1.83. The number of hydrogen-bond donors (Lipinski definition) is 1. The van der Waals surface area contributed by atoms with Gasteiger partial charge in [-0.25, -0.2) is 0 Å². The SMILES string of the molecule is CC1=NS(=O)(=O)N(CCc2ccccc2)C=C1C(=O)NC1CCCCCC1. The number of nitrogens with zero attached hydrogens (tertiary/aromatic N) is 2. The molecule has 2 aliphatic rings. The van der Waals surface area contributed by atoms with Crippen LogP contribution in [0.15, 0.2) is 46.5 Å². The van der Waals surface area contributed by atoms with E-state index in [0.29, 0.717) is 12.0 Å². The van der Waals surface area contributed by atoms with Crippen LogP contribution < -0.4 is 5.32 Å². The third kappa shape index (κ3) is 5.19. The Kier molecular flexibility index (Phi) is 6.31. The Morgan fingerprint density at radius 1 is 1.15 bits per heavy atom. The van der Waals surface area contributed by atoms with E-state index in [9.17, 15) is 13.2 Å². The zero-order valence-corrected chi connectivity index (χ0v) is 16.5. The molecule has 27 heavy (non-hydrogen) atoms. The molecule has 6 nitrogen and oxygen atoms in total. The molecule has 0 radical (unpaired) electrons. The Hall–Kier alpha value is -2.15. The molecule has 7 heteroatoms. The van der Waals surface area contributed by atoms with Crippen LogP contribution in [0.3, 0.4) is 0 Å². The van der Waals surface area contributed by atoms with E-state index in [2.05, 4.69) is 9.71 Å². The minimum atomic E-state index is -3.78. The molecule has 1 amide bonds. The first-order valence-corrected chi connectivity index (χ1v) is 11.0. The first kappa shape index (κ1) is 19.6. The minimum absolute atomic E-state index is 0.157. The number of rotatable bonds is 5. The lowest BCUT2D eigenvalue weighted by Crippen LogP contribution is -2.40. The fraction of sp³-hybridized carbons (Fsp3) is 0.500. The van der Waals surface area contributed by atoms with Crippen molar-refractivity contribution in [2.75, 3.05) is 6.54 Å². The molecule has 1 aromatic carbocycles. The maximum Gasteiger partial charge on any atom is 0.344 e. The molecule has 0 bridgehead atoms. The quantitative estimate of drug-likeness (QED) is 0.787.